The summed E-state index contributed by atoms with van der Waals surface area (Å²) < 4.78 is 40.9. The van der Waals surface area contributed by atoms with Crippen molar-refractivity contribution in [1.82, 2.24) is 34.1 Å². The number of carbonyl (C=O) groups excluding carboxylic acids is 1. The van der Waals surface area contributed by atoms with Crippen LogP contribution in [0, 0.1) is 6.92 Å². The minimum atomic E-state index is -4.26. The molecule has 166 valence electrons. The first kappa shape index (κ1) is 21.1. The molecule has 0 spiro atoms. The van der Waals surface area contributed by atoms with Crippen molar-refractivity contribution in [1.29, 1.82) is 0 Å². The fourth-order valence-electron chi connectivity index (χ4n) is 3.78. The Morgan fingerprint density at radius 3 is 2.58 bits per heavy atom. The number of fused-ring (bicyclic) bond motifs is 1. The quantitative estimate of drug-likeness (QED) is 0.669. The Morgan fingerprint density at radius 1 is 1.23 bits per heavy atom. The number of carbonyl (C=O) groups is 1. The maximum absolute atomic E-state index is 12.9. The highest BCUT2D eigenvalue weighted by molar-refractivity contribution is 5.95. The fourth-order valence-corrected chi connectivity index (χ4v) is 3.78. The van der Waals surface area contributed by atoms with Crippen molar-refractivity contribution >= 4 is 16.9 Å². The molecular weight excluding hydrogens is 415 g/mol. The van der Waals surface area contributed by atoms with Gasteiger partial charge in [0.25, 0.3) is 11.5 Å². The summed E-state index contributed by atoms with van der Waals surface area (Å²) in [5.41, 5.74) is 1.01. The number of amides is 1. The molecule has 1 fully saturated rings. The smallest absolute Gasteiger partial charge is 0.336 e. The van der Waals surface area contributed by atoms with Crippen molar-refractivity contribution < 1.29 is 18.0 Å². The van der Waals surface area contributed by atoms with Crippen LogP contribution in [-0.2, 0) is 6.54 Å². The van der Waals surface area contributed by atoms with Gasteiger partial charge in [0.05, 0.1) is 29.4 Å². The summed E-state index contributed by atoms with van der Waals surface area (Å²) in [6.45, 7) is 3.98. The van der Waals surface area contributed by atoms with Crippen LogP contribution in [0.4, 0.5) is 13.2 Å². The predicted molar refractivity (Wildman–Crippen MR) is 106 cm³/mol. The van der Waals surface area contributed by atoms with Crippen LogP contribution < -0.4 is 5.56 Å². The lowest BCUT2D eigenvalue weighted by Crippen LogP contribution is -2.51. The molecule has 1 N–H and O–H groups in total. The predicted octanol–water partition coefficient (Wildman–Crippen LogP) is 1.56. The number of nitrogens with one attached hydrogen (secondary N) is 1. The van der Waals surface area contributed by atoms with E-state index in [0.29, 0.717) is 28.8 Å². The summed E-state index contributed by atoms with van der Waals surface area (Å²) in [7, 11) is 0. The van der Waals surface area contributed by atoms with Crippen LogP contribution in [-0.4, -0.2) is 78.9 Å². The Bertz CT molecular complexity index is 1170. The monoisotopic (exact) mass is 437 g/mol. The first-order valence-electron chi connectivity index (χ1n) is 9.90. The molecule has 1 aliphatic rings. The molecule has 9 nitrogen and oxygen atoms in total. The number of nitrogens with zero attached hydrogens (tertiary/aromatic N) is 6. The minimum absolute atomic E-state index is 0.151. The Morgan fingerprint density at radius 2 is 1.94 bits per heavy atom. The molecule has 1 amide bonds. The SMILES string of the molecule is CCn1ccc2c(=O)[nH]c(-n3ncc(C(=O)N4CCN(CC(F)(F)F)CC4)c3C)nc21. The van der Waals surface area contributed by atoms with Gasteiger partial charge in [-0.1, -0.05) is 0 Å². The lowest BCUT2D eigenvalue weighted by Gasteiger charge is -2.34. The van der Waals surface area contributed by atoms with Crippen LogP contribution in [0.2, 0.25) is 0 Å². The number of H-pyrrole nitrogens is 1. The number of aryl methyl sites for hydroxylation is 1. The Labute approximate surface area is 175 Å². The number of hydrogen-bond donors (Lipinski definition) is 1. The van der Waals surface area contributed by atoms with E-state index in [1.165, 1.54) is 20.7 Å². The molecule has 12 heteroatoms. The van der Waals surface area contributed by atoms with Gasteiger partial charge in [0, 0.05) is 38.9 Å². The van der Waals surface area contributed by atoms with E-state index < -0.39 is 12.7 Å². The second kappa shape index (κ2) is 7.84. The normalized spacial score (nSPS) is 15.7. The zero-order valence-electron chi connectivity index (χ0n) is 17.1. The zero-order valence-corrected chi connectivity index (χ0v) is 17.1. The summed E-state index contributed by atoms with van der Waals surface area (Å²) in [4.78, 5) is 35.3. The van der Waals surface area contributed by atoms with Gasteiger partial charge in [-0.2, -0.15) is 23.3 Å². The van der Waals surface area contributed by atoms with E-state index in [0.717, 1.165) is 0 Å². The topological polar surface area (TPSA) is 92.0 Å². The summed E-state index contributed by atoms with van der Waals surface area (Å²) in [5, 5.41) is 4.68. The summed E-state index contributed by atoms with van der Waals surface area (Å²) >= 11 is 0. The molecule has 0 saturated carbocycles. The molecule has 0 radical (unpaired) electrons. The highest BCUT2D eigenvalue weighted by Gasteiger charge is 2.33. The maximum atomic E-state index is 12.9. The van der Waals surface area contributed by atoms with Crippen LogP contribution in [0.3, 0.4) is 0 Å². The number of hydrogen-bond acceptors (Lipinski definition) is 5. The van der Waals surface area contributed by atoms with Gasteiger partial charge in [-0.15, -0.1) is 0 Å². The van der Waals surface area contributed by atoms with Gasteiger partial charge in [-0.3, -0.25) is 19.5 Å². The second-order valence-electron chi connectivity index (χ2n) is 7.47. The summed E-state index contributed by atoms with van der Waals surface area (Å²) in [6, 6.07) is 1.69. The number of alkyl halides is 3. The van der Waals surface area contributed by atoms with Crippen LogP contribution in [0.5, 0.6) is 0 Å². The average Bonchev–Trinajstić information content (AvgIpc) is 3.30. The molecule has 0 bridgehead atoms. The van der Waals surface area contributed by atoms with E-state index >= 15 is 0 Å². The molecular formula is C19H22F3N7O2. The molecule has 3 aromatic heterocycles. The molecule has 31 heavy (non-hydrogen) atoms. The van der Waals surface area contributed by atoms with Crippen LogP contribution in [0.15, 0.2) is 23.3 Å². The molecule has 0 unspecified atom stereocenters. The van der Waals surface area contributed by atoms with Crippen molar-refractivity contribution in [3.8, 4) is 5.95 Å². The number of halogens is 3. The number of piperazine rings is 1. The summed E-state index contributed by atoms with van der Waals surface area (Å²) in [6.07, 6.45) is -1.09. The van der Waals surface area contributed by atoms with Gasteiger partial charge in [-0.05, 0) is 19.9 Å². The first-order valence-corrected chi connectivity index (χ1v) is 9.90. The Balaban J connectivity index is 1.56. The van der Waals surface area contributed by atoms with Crippen LogP contribution in [0.25, 0.3) is 17.0 Å². The highest BCUT2D eigenvalue weighted by atomic mass is 19.4. The van der Waals surface area contributed by atoms with Gasteiger partial charge in [-0.25, -0.2) is 4.68 Å². The third-order valence-corrected chi connectivity index (χ3v) is 5.46. The number of aromatic nitrogens is 5. The zero-order chi connectivity index (χ0) is 22.3. The molecule has 3 aromatic rings. The van der Waals surface area contributed by atoms with Gasteiger partial charge in [0.2, 0.25) is 5.95 Å². The average molecular weight is 437 g/mol. The lowest BCUT2D eigenvalue weighted by molar-refractivity contribution is -0.148. The second-order valence-corrected chi connectivity index (χ2v) is 7.47. The standard InChI is InChI=1S/C19H22F3N7O2/c1-3-27-5-4-13-15(27)24-18(25-16(13)30)29-12(2)14(10-23-29)17(31)28-8-6-26(7-9-28)11-19(20,21)22/h4-5,10H,3,6-9,11H2,1-2H3,(H,24,25,30). The molecule has 4 heterocycles. The van der Waals surface area contributed by atoms with E-state index in [9.17, 15) is 22.8 Å². The summed E-state index contributed by atoms with van der Waals surface area (Å²) in [5.74, 6) is -0.117. The first-order chi connectivity index (χ1) is 14.7. The lowest BCUT2D eigenvalue weighted by atomic mass is 10.2. The fraction of sp³-hybridized carbons (Fsp3) is 0.474. The maximum Gasteiger partial charge on any atom is 0.401 e. The molecule has 0 aliphatic carbocycles. The molecule has 1 aliphatic heterocycles. The molecule has 1 saturated heterocycles. The van der Waals surface area contributed by atoms with Crippen molar-refractivity contribution in [3.05, 3.63) is 40.1 Å². The molecule has 0 aromatic carbocycles. The van der Waals surface area contributed by atoms with Crippen molar-refractivity contribution in [3.63, 3.8) is 0 Å². The van der Waals surface area contributed by atoms with Gasteiger partial charge < -0.3 is 9.47 Å². The van der Waals surface area contributed by atoms with E-state index in [1.54, 1.807) is 19.2 Å². The minimum Gasteiger partial charge on any atom is -0.336 e. The molecule has 4 rings (SSSR count). The van der Waals surface area contributed by atoms with Crippen LogP contribution in [0.1, 0.15) is 23.0 Å². The molecule has 0 atom stereocenters. The Hall–Kier alpha value is -3.15. The van der Waals surface area contributed by atoms with E-state index in [2.05, 4.69) is 15.1 Å². The van der Waals surface area contributed by atoms with Gasteiger partial charge in [0.15, 0.2) is 0 Å². The van der Waals surface area contributed by atoms with Crippen molar-refractivity contribution in [2.75, 3.05) is 32.7 Å². The van der Waals surface area contributed by atoms with Gasteiger partial charge in [0.1, 0.15) is 5.65 Å². The largest absolute Gasteiger partial charge is 0.401 e. The third-order valence-electron chi connectivity index (χ3n) is 5.46. The van der Waals surface area contributed by atoms with E-state index in [-0.39, 0.29) is 43.6 Å². The van der Waals surface area contributed by atoms with Crippen molar-refractivity contribution in [2.45, 2.75) is 26.6 Å². The van der Waals surface area contributed by atoms with Crippen LogP contribution >= 0.6 is 0 Å². The third kappa shape index (κ3) is 4.07. The van der Waals surface area contributed by atoms with Crippen molar-refractivity contribution in [2.24, 2.45) is 0 Å². The van der Waals surface area contributed by atoms with Gasteiger partial charge >= 0.3 is 6.18 Å². The van der Waals surface area contributed by atoms with E-state index in [4.69, 9.17) is 0 Å². The number of rotatable bonds is 4. The number of aromatic amines is 1. The Kier molecular flexibility index (Phi) is 5.33. The highest BCUT2D eigenvalue weighted by Crippen LogP contribution is 2.19. The van der Waals surface area contributed by atoms with E-state index in [1.807, 2.05) is 11.5 Å².